The summed E-state index contributed by atoms with van der Waals surface area (Å²) < 4.78 is 19.0. The SMILES string of the molecule is N[C@@H]1CC(c2ccc(F)cc2Cl)Oc2ccccc21. The molecule has 98 valence electrons. The Bertz CT molecular complexity index is 617. The molecule has 19 heavy (non-hydrogen) atoms. The number of halogens is 2. The second kappa shape index (κ2) is 4.83. The van der Waals surface area contributed by atoms with Crippen molar-refractivity contribution in [3.8, 4) is 5.75 Å². The minimum Gasteiger partial charge on any atom is -0.485 e. The van der Waals surface area contributed by atoms with Crippen molar-refractivity contribution in [2.45, 2.75) is 18.6 Å². The summed E-state index contributed by atoms with van der Waals surface area (Å²) in [5.74, 6) is 0.417. The van der Waals surface area contributed by atoms with Gasteiger partial charge >= 0.3 is 0 Å². The van der Waals surface area contributed by atoms with Gasteiger partial charge in [-0.1, -0.05) is 35.9 Å². The summed E-state index contributed by atoms with van der Waals surface area (Å²) in [5, 5.41) is 0.372. The summed E-state index contributed by atoms with van der Waals surface area (Å²) >= 11 is 6.08. The second-order valence-electron chi connectivity index (χ2n) is 4.65. The van der Waals surface area contributed by atoms with E-state index in [1.165, 1.54) is 12.1 Å². The van der Waals surface area contributed by atoms with E-state index in [0.29, 0.717) is 11.4 Å². The number of hydrogen-bond acceptors (Lipinski definition) is 2. The van der Waals surface area contributed by atoms with E-state index >= 15 is 0 Å². The molecule has 0 radical (unpaired) electrons. The monoisotopic (exact) mass is 277 g/mol. The Morgan fingerprint density at radius 2 is 1.95 bits per heavy atom. The van der Waals surface area contributed by atoms with Gasteiger partial charge < -0.3 is 10.5 Å². The van der Waals surface area contributed by atoms with Crippen LogP contribution in [-0.2, 0) is 0 Å². The van der Waals surface area contributed by atoms with E-state index in [9.17, 15) is 4.39 Å². The normalized spacial score (nSPS) is 21.6. The Kier molecular flexibility index (Phi) is 3.17. The molecule has 1 aliphatic rings. The molecule has 4 heteroatoms. The Hall–Kier alpha value is -1.58. The highest BCUT2D eigenvalue weighted by Crippen LogP contribution is 2.41. The summed E-state index contributed by atoms with van der Waals surface area (Å²) in [6.07, 6.45) is 0.389. The molecular formula is C15H13ClFNO. The largest absolute Gasteiger partial charge is 0.485 e. The standard InChI is InChI=1S/C15H13ClFNO/c16-12-7-9(17)5-6-10(12)15-8-13(18)11-3-1-2-4-14(11)19-15/h1-7,13,15H,8,18H2/t13-,15?/m1/s1. The lowest BCUT2D eigenvalue weighted by atomic mass is 9.93. The predicted molar refractivity (Wildman–Crippen MR) is 72.8 cm³/mol. The fourth-order valence-corrected chi connectivity index (χ4v) is 2.70. The molecular weight excluding hydrogens is 265 g/mol. The molecule has 0 saturated carbocycles. The maximum atomic E-state index is 13.1. The highest BCUT2D eigenvalue weighted by atomic mass is 35.5. The lowest BCUT2D eigenvalue weighted by Crippen LogP contribution is -2.24. The average molecular weight is 278 g/mol. The van der Waals surface area contributed by atoms with Crippen LogP contribution in [0.5, 0.6) is 5.75 Å². The first kappa shape index (κ1) is 12.5. The molecule has 2 atom stereocenters. The first-order valence-corrected chi connectivity index (χ1v) is 6.49. The van der Waals surface area contributed by atoms with Gasteiger partial charge in [-0.15, -0.1) is 0 Å². The van der Waals surface area contributed by atoms with Crippen molar-refractivity contribution < 1.29 is 9.13 Å². The van der Waals surface area contributed by atoms with Crippen molar-refractivity contribution >= 4 is 11.6 Å². The fraction of sp³-hybridized carbons (Fsp3) is 0.200. The zero-order valence-electron chi connectivity index (χ0n) is 10.1. The van der Waals surface area contributed by atoms with Crippen LogP contribution in [0.1, 0.15) is 29.7 Å². The molecule has 2 N–H and O–H groups in total. The van der Waals surface area contributed by atoms with Gasteiger partial charge in [-0.05, 0) is 18.2 Å². The van der Waals surface area contributed by atoms with Crippen LogP contribution in [0.25, 0.3) is 0 Å². The highest BCUT2D eigenvalue weighted by molar-refractivity contribution is 6.31. The fourth-order valence-electron chi connectivity index (χ4n) is 2.41. The zero-order chi connectivity index (χ0) is 13.4. The molecule has 3 rings (SSSR count). The lowest BCUT2D eigenvalue weighted by Gasteiger charge is -2.30. The Balaban J connectivity index is 1.97. The van der Waals surface area contributed by atoms with Crippen molar-refractivity contribution in [1.82, 2.24) is 0 Å². The summed E-state index contributed by atoms with van der Waals surface area (Å²) in [6.45, 7) is 0. The smallest absolute Gasteiger partial charge is 0.127 e. The van der Waals surface area contributed by atoms with E-state index in [0.717, 1.165) is 16.9 Å². The minimum absolute atomic E-state index is 0.101. The van der Waals surface area contributed by atoms with Gasteiger partial charge in [0.05, 0.1) is 5.02 Å². The van der Waals surface area contributed by atoms with Crippen molar-refractivity contribution in [3.63, 3.8) is 0 Å². The van der Waals surface area contributed by atoms with Gasteiger partial charge in [0.2, 0.25) is 0 Å². The average Bonchev–Trinajstić information content (AvgIpc) is 2.38. The number of benzene rings is 2. The minimum atomic E-state index is -0.353. The Labute approximate surface area is 115 Å². The molecule has 0 amide bonds. The van der Waals surface area contributed by atoms with E-state index in [1.807, 2.05) is 24.3 Å². The third kappa shape index (κ3) is 2.31. The van der Waals surface area contributed by atoms with Crippen molar-refractivity contribution in [1.29, 1.82) is 0 Å². The van der Waals surface area contributed by atoms with E-state index in [1.54, 1.807) is 6.07 Å². The molecule has 0 spiro atoms. The molecule has 1 aliphatic heterocycles. The van der Waals surface area contributed by atoms with Crippen molar-refractivity contribution in [2.24, 2.45) is 5.73 Å². The molecule has 0 fully saturated rings. The zero-order valence-corrected chi connectivity index (χ0v) is 10.9. The van der Waals surface area contributed by atoms with Gasteiger partial charge in [-0.2, -0.15) is 0 Å². The van der Waals surface area contributed by atoms with Gasteiger partial charge in [0.15, 0.2) is 0 Å². The molecule has 0 saturated heterocycles. The number of rotatable bonds is 1. The first-order valence-electron chi connectivity index (χ1n) is 6.11. The van der Waals surface area contributed by atoms with Crippen LogP contribution in [0.3, 0.4) is 0 Å². The van der Waals surface area contributed by atoms with Crippen LogP contribution in [0, 0.1) is 5.82 Å². The number of nitrogens with two attached hydrogens (primary N) is 1. The molecule has 2 aromatic rings. The number of para-hydroxylation sites is 1. The summed E-state index contributed by atoms with van der Waals surface area (Å²) in [6, 6.07) is 11.9. The summed E-state index contributed by atoms with van der Waals surface area (Å²) in [5.41, 5.74) is 7.93. The van der Waals surface area contributed by atoms with Crippen LogP contribution in [0.15, 0.2) is 42.5 Å². The number of hydrogen-bond donors (Lipinski definition) is 1. The van der Waals surface area contributed by atoms with Crippen LogP contribution in [0.4, 0.5) is 4.39 Å². The summed E-state index contributed by atoms with van der Waals surface area (Å²) in [4.78, 5) is 0. The third-order valence-electron chi connectivity index (χ3n) is 3.37. The van der Waals surface area contributed by atoms with Crippen LogP contribution >= 0.6 is 11.6 Å². The maximum absolute atomic E-state index is 13.1. The van der Waals surface area contributed by atoms with E-state index in [2.05, 4.69) is 0 Å². The first-order chi connectivity index (χ1) is 9.15. The van der Waals surface area contributed by atoms with Gasteiger partial charge in [-0.3, -0.25) is 0 Å². The van der Waals surface area contributed by atoms with E-state index < -0.39 is 0 Å². The number of ether oxygens (including phenoxy) is 1. The predicted octanol–water partition coefficient (Wildman–Crippen LogP) is 4.00. The van der Waals surface area contributed by atoms with E-state index in [-0.39, 0.29) is 18.0 Å². The van der Waals surface area contributed by atoms with Crippen LogP contribution < -0.4 is 10.5 Å². The molecule has 0 bridgehead atoms. The molecule has 0 aliphatic carbocycles. The Morgan fingerprint density at radius 1 is 1.16 bits per heavy atom. The van der Waals surface area contributed by atoms with Gasteiger partial charge in [0.1, 0.15) is 17.7 Å². The van der Waals surface area contributed by atoms with Gasteiger partial charge in [0.25, 0.3) is 0 Å². The van der Waals surface area contributed by atoms with Crippen LogP contribution in [0.2, 0.25) is 5.02 Å². The molecule has 2 nitrogen and oxygen atoms in total. The highest BCUT2D eigenvalue weighted by Gasteiger charge is 2.28. The molecule has 2 aromatic carbocycles. The quantitative estimate of drug-likeness (QED) is 0.855. The Morgan fingerprint density at radius 3 is 2.74 bits per heavy atom. The summed E-state index contributed by atoms with van der Waals surface area (Å²) in [7, 11) is 0. The molecule has 1 heterocycles. The topological polar surface area (TPSA) is 35.2 Å². The second-order valence-corrected chi connectivity index (χ2v) is 5.06. The lowest BCUT2D eigenvalue weighted by molar-refractivity contribution is 0.161. The third-order valence-corrected chi connectivity index (χ3v) is 3.69. The van der Waals surface area contributed by atoms with Crippen molar-refractivity contribution in [2.75, 3.05) is 0 Å². The van der Waals surface area contributed by atoms with Gasteiger partial charge in [0, 0.05) is 23.6 Å². The van der Waals surface area contributed by atoms with E-state index in [4.69, 9.17) is 22.1 Å². The maximum Gasteiger partial charge on any atom is 0.127 e. The van der Waals surface area contributed by atoms with Gasteiger partial charge in [-0.25, -0.2) is 4.39 Å². The van der Waals surface area contributed by atoms with Crippen molar-refractivity contribution in [3.05, 3.63) is 64.4 Å². The number of fused-ring (bicyclic) bond motifs is 1. The molecule has 1 unspecified atom stereocenters. The van der Waals surface area contributed by atoms with Crippen LogP contribution in [-0.4, -0.2) is 0 Å². The molecule has 0 aromatic heterocycles.